The molecule has 0 saturated carbocycles. The van der Waals surface area contributed by atoms with Gasteiger partial charge in [-0.1, -0.05) is 12.5 Å². The van der Waals surface area contributed by atoms with Gasteiger partial charge in [0.1, 0.15) is 6.54 Å². The molecule has 2 rings (SSSR count). The van der Waals surface area contributed by atoms with Crippen molar-refractivity contribution in [3.63, 3.8) is 0 Å². The fourth-order valence-corrected chi connectivity index (χ4v) is 3.15. The SMILES string of the molecule is C=CCCCCCC[n+]1cccc(C2CCCN2C)c1.[Br-]. The van der Waals surface area contributed by atoms with Crippen molar-refractivity contribution in [2.45, 2.75) is 57.5 Å². The predicted molar refractivity (Wildman–Crippen MR) is 84.5 cm³/mol. The number of likely N-dealkylation sites (tertiary alicyclic amines) is 1. The van der Waals surface area contributed by atoms with Crippen LogP contribution < -0.4 is 21.5 Å². The second-order valence-electron chi connectivity index (χ2n) is 6.01. The van der Waals surface area contributed by atoms with Gasteiger partial charge in [-0.05, 0) is 51.8 Å². The van der Waals surface area contributed by atoms with E-state index in [1.54, 1.807) is 0 Å². The molecule has 1 fully saturated rings. The van der Waals surface area contributed by atoms with Crippen LogP contribution in [-0.2, 0) is 6.54 Å². The van der Waals surface area contributed by atoms with Gasteiger partial charge in [-0.2, -0.15) is 0 Å². The van der Waals surface area contributed by atoms with Crippen LogP contribution >= 0.6 is 0 Å². The Morgan fingerprint density at radius 2 is 2.14 bits per heavy atom. The number of hydrogen-bond donors (Lipinski definition) is 0. The van der Waals surface area contributed by atoms with Gasteiger partial charge >= 0.3 is 0 Å². The highest BCUT2D eigenvalue weighted by Gasteiger charge is 2.24. The van der Waals surface area contributed by atoms with Crippen LogP contribution in [0.5, 0.6) is 0 Å². The van der Waals surface area contributed by atoms with Crippen LogP contribution in [0.3, 0.4) is 0 Å². The highest BCUT2D eigenvalue weighted by molar-refractivity contribution is 5.12. The Hall–Kier alpha value is -0.670. The van der Waals surface area contributed by atoms with E-state index in [1.807, 2.05) is 6.08 Å². The van der Waals surface area contributed by atoms with Crippen molar-refractivity contribution < 1.29 is 21.5 Å². The standard InChI is InChI=1S/C18H29N2.BrH/c1-3-4-5-6-7-8-14-20-15-9-11-17(16-20)18-12-10-13-19(18)2;/h3,9,11,15-16,18H,1,4-8,10,12-14H2,2H3;1H/q+1;/p-1. The zero-order chi connectivity index (χ0) is 14.2. The Kier molecular flexibility index (Phi) is 8.86. The van der Waals surface area contributed by atoms with Crippen LogP contribution in [0.4, 0.5) is 0 Å². The minimum atomic E-state index is 0. The molecule has 1 unspecified atom stereocenters. The van der Waals surface area contributed by atoms with E-state index in [4.69, 9.17) is 0 Å². The maximum atomic E-state index is 3.77. The molecule has 118 valence electrons. The lowest BCUT2D eigenvalue weighted by molar-refractivity contribution is -0.697. The van der Waals surface area contributed by atoms with Crippen molar-refractivity contribution in [3.8, 4) is 0 Å². The zero-order valence-electron chi connectivity index (χ0n) is 13.3. The van der Waals surface area contributed by atoms with E-state index in [1.165, 1.54) is 50.6 Å². The van der Waals surface area contributed by atoms with Crippen molar-refractivity contribution in [3.05, 3.63) is 42.7 Å². The Morgan fingerprint density at radius 1 is 1.33 bits per heavy atom. The largest absolute Gasteiger partial charge is 1.00 e. The number of aryl methyl sites for hydroxylation is 1. The first kappa shape index (κ1) is 18.4. The van der Waals surface area contributed by atoms with Crippen LogP contribution in [0.2, 0.25) is 0 Å². The fraction of sp³-hybridized carbons (Fsp3) is 0.611. The van der Waals surface area contributed by atoms with Crippen LogP contribution in [0.1, 0.15) is 56.6 Å². The minimum absolute atomic E-state index is 0. The van der Waals surface area contributed by atoms with Gasteiger partial charge in [0.05, 0.1) is 0 Å². The first-order valence-electron chi connectivity index (χ1n) is 8.11. The highest BCUT2D eigenvalue weighted by Crippen LogP contribution is 2.29. The summed E-state index contributed by atoms with van der Waals surface area (Å²) in [4.78, 5) is 2.48. The summed E-state index contributed by atoms with van der Waals surface area (Å²) in [6.07, 6.45) is 15.6. The quantitative estimate of drug-likeness (QED) is 0.382. The van der Waals surface area contributed by atoms with Crippen molar-refractivity contribution in [2.24, 2.45) is 0 Å². The number of aromatic nitrogens is 1. The Morgan fingerprint density at radius 3 is 2.86 bits per heavy atom. The molecule has 0 aliphatic carbocycles. The predicted octanol–water partition coefficient (Wildman–Crippen LogP) is 0.881. The van der Waals surface area contributed by atoms with E-state index in [0.717, 1.165) is 13.0 Å². The van der Waals surface area contributed by atoms with Crippen LogP contribution in [0.15, 0.2) is 37.2 Å². The number of hydrogen-bond acceptors (Lipinski definition) is 1. The van der Waals surface area contributed by atoms with Crippen LogP contribution in [0.25, 0.3) is 0 Å². The number of pyridine rings is 1. The molecule has 21 heavy (non-hydrogen) atoms. The van der Waals surface area contributed by atoms with E-state index in [-0.39, 0.29) is 17.0 Å². The third kappa shape index (κ3) is 5.91. The van der Waals surface area contributed by atoms with Gasteiger partial charge in [-0.15, -0.1) is 6.58 Å². The first-order chi connectivity index (χ1) is 9.81. The summed E-state index contributed by atoms with van der Waals surface area (Å²) < 4.78 is 2.37. The van der Waals surface area contributed by atoms with Crippen molar-refractivity contribution in [2.75, 3.05) is 13.6 Å². The molecule has 2 heterocycles. The molecule has 1 atom stereocenters. The van der Waals surface area contributed by atoms with E-state index in [0.29, 0.717) is 6.04 Å². The van der Waals surface area contributed by atoms with Crippen molar-refractivity contribution in [1.29, 1.82) is 0 Å². The molecule has 1 saturated heterocycles. The smallest absolute Gasteiger partial charge is 0.173 e. The summed E-state index contributed by atoms with van der Waals surface area (Å²) in [5.74, 6) is 0. The maximum Gasteiger partial charge on any atom is 0.173 e. The van der Waals surface area contributed by atoms with Gasteiger partial charge < -0.3 is 17.0 Å². The minimum Gasteiger partial charge on any atom is -1.00 e. The average Bonchev–Trinajstić information content (AvgIpc) is 2.89. The molecule has 0 bridgehead atoms. The van der Waals surface area contributed by atoms with Crippen LogP contribution in [-0.4, -0.2) is 18.5 Å². The van der Waals surface area contributed by atoms with E-state index >= 15 is 0 Å². The molecule has 0 amide bonds. The van der Waals surface area contributed by atoms with Crippen molar-refractivity contribution in [1.82, 2.24) is 4.90 Å². The number of unbranched alkanes of at least 4 members (excludes halogenated alkanes) is 4. The summed E-state index contributed by atoms with van der Waals surface area (Å²) in [6.45, 7) is 6.16. The molecule has 1 aromatic heterocycles. The van der Waals surface area contributed by atoms with Gasteiger partial charge in [0.2, 0.25) is 0 Å². The summed E-state index contributed by atoms with van der Waals surface area (Å²) >= 11 is 0. The molecule has 3 heteroatoms. The van der Waals surface area contributed by atoms with Gasteiger partial charge in [-0.3, -0.25) is 4.90 Å². The summed E-state index contributed by atoms with van der Waals surface area (Å²) in [7, 11) is 2.24. The lowest BCUT2D eigenvalue weighted by Gasteiger charge is -2.18. The first-order valence-corrected chi connectivity index (χ1v) is 8.11. The summed E-state index contributed by atoms with van der Waals surface area (Å²) in [5.41, 5.74) is 1.49. The summed E-state index contributed by atoms with van der Waals surface area (Å²) in [6, 6.07) is 5.13. The van der Waals surface area contributed by atoms with Gasteiger partial charge in [0, 0.05) is 24.1 Å². The number of rotatable bonds is 8. The monoisotopic (exact) mass is 352 g/mol. The molecule has 0 aromatic carbocycles. The Labute approximate surface area is 140 Å². The average molecular weight is 353 g/mol. The number of halogens is 1. The third-order valence-corrected chi connectivity index (χ3v) is 4.36. The van der Waals surface area contributed by atoms with E-state index < -0.39 is 0 Å². The lowest BCUT2D eigenvalue weighted by Crippen LogP contribution is -3.00. The lowest BCUT2D eigenvalue weighted by atomic mass is 10.1. The second-order valence-corrected chi connectivity index (χ2v) is 6.01. The third-order valence-electron chi connectivity index (χ3n) is 4.36. The fourth-order valence-electron chi connectivity index (χ4n) is 3.15. The highest BCUT2D eigenvalue weighted by atomic mass is 79.9. The molecular weight excluding hydrogens is 324 g/mol. The Balaban J connectivity index is 0.00000220. The van der Waals surface area contributed by atoms with E-state index in [9.17, 15) is 0 Å². The second kappa shape index (κ2) is 10.1. The molecule has 2 nitrogen and oxygen atoms in total. The van der Waals surface area contributed by atoms with E-state index in [2.05, 4.69) is 47.6 Å². The Bertz CT molecular complexity index is 419. The van der Waals surface area contributed by atoms with Crippen LogP contribution in [0, 0.1) is 0 Å². The summed E-state index contributed by atoms with van der Waals surface area (Å²) in [5, 5.41) is 0. The molecule has 1 aliphatic rings. The van der Waals surface area contributed by atoms with Gasteiger partial charge in [-0.25, -0.2) is 4.57 Å². The normalized spacial score (nSPS) is 18.4. The van der Waals surface area contributed by atoms with Gasteiger partial charge in [0.25, 0.3) is 0 Å². The number of nitrogens with zero attached hydrogens (tertiary/aromatic N) is 2. The molecule has 0 N–H and O–H groups in total. The molecule has 1 aromatic rings. The molecule has 0 radical (unpaired) electrons. The number of allylic oxidation sites excluding steroid dienone is 1. The molecule has 1 aliphatic heterocycles. The molecular formula is C18H29BrN2. The molecule has 0 spiro atoms. The van der Waals surface area contributed by atoms with Crippen molar-refractivity contribution >= 4 is 0 Å². The zero-order valence-corrected chi connectivity index (χ0v) is 14.9. The maximum absolute atomic E-state index is 3.77. The topological polar surface area (TPSA) is 7.12 Å². The van der Waals surface area contributed by atoms with Gasteiger partial charge in [0.15, 0.2) is 12.4 Å².